The van der Waals surface area contributed by atoms with E-state index in [0.717, 1.165) is 6.61 Å². The SMILES string of the molecule is CC(C)COCCOCCOCCOC(C)C. The summed E-state index contributed by atoms with van der Waals surface area (Å²) >= 11 is 0. The maximum atomic E-state index is 5.38. The Balaban J connectivity index is 2.94. The van der Waals surface area contributed by atoms with Gasteiger partial charge >= 0.3 is 0 Å². The van der Waals surface area contributed by atoms with Gasteiger partial charge in [-0.25, -0.2) is 0 Å². The molecular formula is C13H28O4. The summed E-state index contributed by atoms with van der Waals surface area (Å²) in [4.78, 5) is 0. The van der Waals surface area contributed by atoms with E-state index < -0.39 is 0 Å². The zero-order valence-electron chi connectivity index (χ0n) is 11.7. The highest BCUT2D eigenvalue weighted by atomic mass is 16.6. The average molecular weight is 248 g/mol. The summed E-state index contributed by atoms with van der Waals surface area (Å²) < 4.78 is 21.4. The highest BCUT2D eigenvalue weighted by Crippen LogP contribution is 1.92. The quantitative estimate of drug-likeness (QED) is 0.496. The number of rotatable bonds is 12. The molecule has 0 saturated heterocycles. The summed E-state index contributed by atoms with van der Waals surface area (Å²) in [5, 5.41) is 0. The highest BCUT2D eigenvalue weighted by Gasteiger charge is 1.95. The van der Waals surface area contributed by atoms with Crippen LogP contribution in [-0.4, -0.2) is 52.4 Å². The van der Waals surface area contributed by atoms with Crippen molar-refractivity contribution >= 4 is 0 Å². The standard InChI is InChI=1S/C13H28O4/c1-12(2)11-16-8-7-14-5-6-15-9-10-17-13(3)4/h12-13H,5-11H2,1-4H3. The molecule has 0 aliphatic heterocycles. The van der Waals surface area contributed by atoms with Gasteiger partial charge in [-0.3, -0.25) is 0 Å². The Labute approximate surface area is 106 Å². The molecule has 0 aliphatic carbocycles. The van der Waals surface area contributed by atoms with E-state index in [1.807, 2.05) is 13.8 Å². The Morgan fingerprint density at radius 3 is 1.59 bits per heavy atom. The molecule has 104 valence electrons. The molecule has 0 bridgehead atoms. The van der Waals surface area contributed by atoms with Crippen LogP contribution in [0.25, 0.3) is 0 Å². The third-order valence-electron chi connectivity index (χ3n) is 1.87. The minimum absolute atomic E-state index is 0.271. The van der Waals surface area contributed by atoms with Gasteiger partial charge in [0.15, 0.2) is 0 Å². The minimum Gasteiger partial charge on any atom is -0.379 e. The largest absolute Gasteiger partial charge is 0.379 e. The minimum atomic E-state index is 0.271. The topological polar surface area (TPSA) is 36.9 Å². The van der Waals surface area contributed by atoms with Gasteiger partial charge in [-0.15, -0.1) is 0 Å². The molecule has 0 aromatic rings. The van der Waals surface area contributed by atoms with Gasteiger partial charge in [0.05, 0.1) is 45.7 Å². The fourth-order valence-electron chi connectivity index (χ4n) is 1.10. The predicted molar refractivity (Wildman–Crippen MR) is 68.4 cm³/mol. The number of hydrogen-bond donors (Lipinski definition) is 0. The summed E-state index contributed by atoms with van der Waals surface area (Å²) in [6.45, 7) is 12.9. The van der Waals surface area contributed by atoms with E-state index >= 15 is 0 Å². The van der Waals surface area contributed by atoms with Crippen LogP contribution in [0.1, 0.15) is 27.7 Å². The maximum absolute atomic E-state index is 5.38. The van der Waals surface area contributed by atoms with Crippen LogP contribution in [0, 0.1) is 5.92 Å². The van der Waals surface area contributed by atoms with Crippen molar-refractivity contribution in [3.63, 3.8) is 0 Å². The lowest BCUT2D eigenvalue weighted by molar-refractivity contribution is -0.0135. The predicted octanol–water partition coefficient (Wildman–Crippen LogP) is 2.12. The van der Waals surface area contributed by atoms with E-state index in [9.17, 15) is 0 Å². The smallest absolute Gasteiger partial charge is 0.0703 e. The molecule has 4 nitrogen and oxygen atoms in total. The van der Waals surface area contributed by atoms with Crippen molar-refractivity contribution in [2.24, 2.45) is 5.92 Å². The molecule has 0 fully saturated rings. The normalized spacial score (nSPS) is 11.6. The van der Waals surface area contributed by atoms with E-state index in [4.69, 9.17) is 18.9 Å². The monoisotopic (exact) mass is 248 g/mol. The first kappa shape index (κ1) is 16.8. The molecule has 0 spiro atoms. The summed E-state index contributed by atoms with van der Waals surface area (Å²) in [5.74, 6) is 0.583. The van der Waals surface area contributed by atoms with Crippen LogP contribution in [0.2, 0.25) is 0 Å². The van der Waals surface area contributed by atoms with E-state index in [1.54, 1.807) is 0 Å². The molecule has 0 unspecified atom stereocenters. The fourth-order valence-corrected chi connectivity index (χ4v) is 1.10. The van der Waals surface area contributed by atoms with E-state index in [0.29, 0.717) is 45.6 Å². The van der Waals surface area contributed by atoms with Gasteiger partial charge in [0.25, 0.3) is 0 Å². The van der Waals surface area contributed by atoms with Crippen molar-refractivity contribution in [2.45, 2.75) is 33.8 Å². The van der Waals surface area contributed by atoms with E-state index in [-0.39, 0.29) is 6.10 Å². The average Bonchev–Trinajstić information content (AvgIpc) is 2.25. The van der Waals surface area contributed by atoms with Crippen molar-refractivity contribution in [3.8, 4) is 0 Å². The van der Waals surface area contributed by atoms with Gasteiger partial charge in [-0.2, -0.15) is 0 Å². The van der Waals surface area contributed by atoms with E-state index in [2.05, 4.69) is 13.8 Å². The highest BCUT2D eigenvalue weighted by molar-refractivity contribution is 4.40. The van der Waals surface area contributed by atoms with E-state index in [1.165, 1.54) is 0 Å². The zero-order valence-corrected chi connectivity index (χ0v) is 11.7. The molecule has 17 heavy (non-hydrogen) atoms. The Kier molecular flexibility index (Phi) is 12.2. The third kappa shape index (κ3) is 15.8. The Morgan fingerprint density at radius 2 is 1.12 bits per heavy atom. The molecule has 0 atom stereocenters. The molecule has 0 aliphatic rings. The second-order valence-corrected chi connectivity index (χ2v) is 4.61. The van der Waals surface area contributed by atoms with Crippen LogP contribution in [0.15, 0.2) is 0 Å². The molecule has 0 aromatic carbocycles. The second kappa shape index (κ2) is 12.3. The summed E-state index contributed by atoms with van der Waals surface area (Å²) in [6.07, 6.45) is 0.271. The van der Waals surface area contributed by atoms with Crippen molar-refractivity contribution in [3.05, 3.63) is 0 Å². The van der Waals surface area contributed by atoms with Gasteiger partial charge in [0.1, 0.15) is 0 Å². The van der Waals surface area contributed by atoms with Gasteiger partial charge in [0.2, 0.25) is 0 Å². The first-order chi connectivity index (χ1) is 8.13. The first-order valence-corrected chi connectivity index (χ1v) is 6.47. The van der Waals surface area contributed by atoms with Gasteiger partial charge in [-0.1, -0.05) is 13.8 Å². The molecular weight excluding hydrogens is 220 g/mol. The maximum Gasteiger partial charge on any atom is 0.0703 e. The van der Waals surface area contributed by atoms with Crippen LogP contribution in [0.5, 0.6) is 0 Å². The molecule has 0 aromatic heterocycles. The molecule has 0 saturated carbocycles. The fraction of sp³-hybridized carbons (Fsp3) is 1.00. The second-order valence-electron chi connectivity index (χ2n) is 4.61. The van der Waals surface area contributed by atoms with Crippen LogP contribution < -0.4 is 0 Å². The zero-order chi connectivity index (χ0) is 12.9. The van der Waals surface area contributed by atoms with Gasteiger partial charge in [0, 0.05) is 6.61 Å². The van der Waals surface area contributed by atoms with Crippen LogP contribution in [0.4, 0.5) is 0 Å². The van der Waals surface area contributed by atoms with Crippen LogP contribution in [0.3, 0.4) is 0 Å². The Bertz CT molecular complexity index is 132. The summed E-state index contributed by atoms with van der Waals surface area (Å²) in [6, 6.07) is 0. The third-order valence-corrected chi connectivity index (χ3v) is 1.87. The molecule has 0 amide bonds. The number of hydrogen-bond acceptors (Lipinski definition) is 4. The number of ether oxygens (including phenoxy) is 4. The van der Waals surface area contributed by atoms with Crippen molar-refractivity contribution in [2.75, 3.05) is 46.2 Å². The van der Waals surface area contributed by atoms with Crippen molar-refractivity contribution in [1.29, 1.82) is 0 Å². The first-order valence-electron chi connectivity index (χ1n) is 6.47. The van der Waals surface area contributed by atoms with Gasteiger partial charge in [-0.05, 0) is 19.8 Å². The lowest BCUT2D eigenvalue weighted by Gasteiger charge is -2.09. The van der Waals surface area contributed by atoms with Crippen LogP contribution in [-0.2, 0) is 18.9 Å². The summed E-state index contributed by atoms with van der Waals surface area (Å²) in [7, 11) is 0. The Hall–Kier alpha value is -0.160. The van der Waals surface area contributed by atoms with Gasteiger partial charge < -0.3 is 18.9 Å². The van der Waals surface area contributed by atoms with Crippen molar-refractivity contribution < 1.29 is 18.9 Å². The molecule has 0 N–H and O–H groups in total. The molecule has 0 rings (SSSR count). The Morgan fingerprint density at radius 1 is 0.647 bits per heavy atom. The summed E-state index contributed by atoms with van der Waals surface area (Å²) in [5.41, 5.74) is 0. The molecule has 4 heteroatoms. The molecule has 0 radical (unpaired) electrons. The lowest BCUT2D eigenvalue weighted by Crippen LogP contribution is -2.14. The lowest BCUT2D eigenvalue weighted by atomic mass is 10.2. The van der Waals surface area contributed by atoms with Crippen molar-refractivity contribution in [1.82, 2.24) is 0 Å². The molecule has 0 heterocycles. The van der Waals surface area contributed by atoms with Crippen LogP contribution >= 0.6 is 0 Å².